The van der Waals surface area contributed by atoms with Crippen molar-refractivity contribution in [2.75, 3.05) is 26.3 Å². The zero-order valence-electron chi connectivity index (χ0n) is 16.4. The van der Waals surface area contributed by atoms with Gasteiger partial charge in [0.1, 0.15) is 23.9 Å². The van der Waals surface area contributed by atoms with E-state index in [1.165, 1.54) is 4.90 Å². The summed E-state index contributed by atoms with van der Waals surface area (Å²) in [6.07, 6.45) is 1.16. The van der Waals surface area contributed by atoms with Crippen LogP contribution < -0.4 is 5.32 Å². The largest absolute Gasteiger partial charge is 0.444 e. The predicted octanol–water partition coefficient (Wildman–Crippen LogP) is 2.95. The van der Waals surface area contributed by atoms with Gasteiger partial charge in [-0.1, -0.05) is 24.3 Å². The van der Waals surface area contributed by atoms with Crippen LogP contribution in [0, 0.1) is 11.6 Å². The predicted molar refractivity (Wildman–Crippen MR) is 106 cm³/mol. The Labute approximate surface area is 176 Å². The van der Waals surface area contributed by atoms with Crippen molar-refractivity contribution in [2.24, 2.45) is 0 Å². The average molecular weight is 427 g/mol. The lowest BCUT2D eigenvalue weighted by atomic mass is 10.0. The van der Waals surface area contributed by atoms with E-state index in [0.29, 0.717) is 37.9 Å². The SMILES string of the molecule is O=C(NC(C(=O)N1CCOCC1)c1ccc(F)cc1F)c1coc(-c2ccccc2)n1. The van der Waals surface area contributed by atoms with Crippen LogP contribution in [-0.4, -0.2) is 48.0 Å². The molecule has 1 unspecified atom stereocenters. The van der Waals surface area contributed by atoms with E-state index in [4.69, 9.17) is 9.15 Å². The number of rotatable bonds is 5. The number of benzene rings is 2. The molecule has 3 aromatic rings. The third-order valence-corrected chi connectivity index (χ3v) is 4.88. The smallest absolute Gasteiger partial charge is 0.274 e. The van der Waals surface area contributed by atoms with Crippen LogP contribution in [0.15, 0.2) is 59.2 Å². The highest BCUT2D eigenvalue weighted by atomic mass is 19.1. The number of amides is 2. The van der Waals surface area contributed by atoms with Gasteiger partial charge in [-0.3, -0.25) is 9.59 Å². The summed E-state index contributed by atoms with van der Waals surface area (Å²) >= 11 is 0. The molecule has 9 heteroatoms. The van der Waals surface area contributed by atoms with Crippen molar-refractivity contribution in [2.45, 2.75) is 6.04 Å². The number of oxazole rings is 1. The Balaban J connectivity index is 1.60. The van der Waals surface area contributed by atoms with Gasteiger partial charge < -0.3 is 19.4 Å². The Morgan fingerprint density at radius 3 is 2.52 bits per heavy atom. The van der Waals surface area contributed by atoms with Crippen molar-refractivity contribution in [1.82, 2.24) is 15.2 Å². The second kappa shape index (κ2) is 9.05. The molecule has 2 heterocycles. The van der Waals surface area contributed by atoms with Crippen LogP contribution in [0.4, 0.5) is 8.78 Å². The Kier molecular flexibility index (Phi) is 6.03. The molecule has 1 fully saturated rings. The third kappa shape index (κ3) is 4.61. The van der Waals surface area contributed by atoms with E-state index >= 15 is 0 Å². The first-order valence-corrected chi connectivity index (χ1v) is 9.66. The molecule has 0 aliphatic carbocycles. The van der Waals surface area contributed by atoms with Gasteiger partial charge in [0.25, 0.3) is 5.91 Å². The van der Waals surface area contributed by atoms with Crippen LogP contribution in [0.2, 0.25) is 0 Å². The molecule has 2 amide bonds. The maximum Gasteiger partial charge on any atom is 0.274 e. The van der Waals surface area contributed by atoms with Gasteiger partial charge in [0, 0.05) is 30.3 Å². The maximum atomic E-state index is 14.5. The van der Waals surface area contributed by atoms with Crippen molar-refractivity contribution in [3.63, 3.8) is 0 Å². The number of morpholine rings is 1. The Bertz CT molecular complexity index is 1080. The van der Waals surface area contributed by atoms with Gasteiger partial charge in [-0.2, -0.15) is 0 Å². The first-order valence-electron chi connectivity index (χ1n) is 9.66. The lowest BCUT2D eigenvalue weighted by molar-refractivity contribution is -0.137. The van der Waals surface area contributed by atoms with Gasteiger partial charge >= 0.3 is 0 Å². The quantitative estimate of drug-likeness (QED) is 0.677. The highest BCUT2D eigenvalue weighted by Crippen LogP contribution is 2.23. The zero-order chi connectivity index (χ0) is 21.8. The molecule has 1 aliphatic rings. The lowest BCUT2D eigenvalue weighted by Crippen LogP contribution is -2.47. The maximum absolute atomic E-state index is 14.5. The molecule has 0 spiro atoms. The minimum Gasteiger partial charge on any atom is -0.444 e. The van der Waals surface area contributed by atoms with Crippen LogP contribution in [0.3, 0.4) is 0 Å². The van der Waals surface area contributed by atoms with Gasteiger partial charge in [0.15, 0.2) is 5.69 Å². The summed E-state index contributed by atoms with van der Waals surface area (Å²) in [7, 11) is 0. The van der Waals surface area contributed by atoms with E-state index in [0.717, 1.165) is 18.4 Å². The molecule has 160 valence electrons. The number of carbonyl (C=O) groups excluding carboxylic acids is 2. The molecule has 1 aliphatic heterocycles. The molecular weight excluding hydrogens is 408 g/mol. The summed E-state index contributed by atoms with van der Waals surface area (Å²) in [6, 6.07) is 10.5. The summed E-state index contributed by atoms with van der Waals surface area (Å²) in [4.78, 5) is 31.5. The van der Waals surface area contributed by atoms with E-state index in [1.807, 2.05) is 6.07 Å². The van der Waals surface area contributed by atoms with Crippen molar-refractivity contribution in [1.29, 1.82) is 0 Å². The molecule has 1 N–H and O–H groups in total. The fourth-order valence-electron chi connectivity index (χ4n) is 3.27. The number of nitrogens with zero attached hydrogens (tertiary/aromatic N) is 2. The van der Waals surface area contributed by atoms with Crippen molar-refractivity contribution in [3.8, 4) is 11.5 Å². The summed E-state index contributed by atoms with van der Waals surface area (Å²) in [5, 5.41) is 2.52. The van der Waals surface area contributed by atoms with Crippen LogP contribution in [0.5, 0.6) is 0 Å². The van der Waals surface area contributed by atoms with Gasteiger partial charge in [-0.15, -0.1) is 0 Å². The first kappa shape index (κ1) is 20.7. The molecule has 0 radical (unpaired) electrons. The molecule has 2 aromatic carbocycles. The highest BCUT2D eigenvalue weighted by Gasteiger charge is 2.31. The van der Waals surface area contributed by atoms with E-state index in [1.54, 1.807) is 24.3 Å². The molecule has 1 saturated heterocycles. The number of ether oxygens (including phenoxy) is 1. The number of aromatic nitrogens is 1. The van der Waals surface area contributed by atoms with Crippen LogP contribution in [0.25, 0.3) is 11.5 Å². The normalized spacial score (nSPS) is 14.8. The number of halogens is 2. The molecule has 0 saturated carbocycles. The summed E-state index contributed by atoms with van der Waals surface area (Å²) in [5.41, 5.74) is 0.464. The second-order valence-corrected chi connectivity index (χ2v) is 6.91. The molecule has 1 atom stereocenters. The topological polar surface area (TPSA) is 84.7 Å². The Morgan fingerprint density at radius 1 is 1.06 bits per heavy atom. The van der Waals surface area contributed by atoms with E-state index in [9.17, 15) is 18.4 Å². The summed E-state index contributed by atoms with van der Waals surface area (Å²) in [5.74, 6) is -2.73. The number of hydrogen-bond acceptors (Lipinski definition) is 5. The molecular formula is C22H19F2N3O4. The van der Waals surface area contributed by atoms with E-state index < -0.39 is 29.5 Å². The van der Waals surface area contributed by atoms with Crippen LogP contribution in [0.1, 0.15) is 22.1 Å². The number of hydrogen-bond donors (Lipinski definition) is 1. The lowest BCUT2D eigenvalue weighted by Gasteiger charge is -2.31. The van der Waals surface area contributed by atoms with Crippen LogP contribution >= 0.6 is 0 Å². The second-order valence-electron chi connectivity index (χ2n) is 6.91. The zero-order valence-corrected chi connectivity index (χ0v) is 16.4. The summed E-state index contributed by atoms with van der Waals surface area (Å²) in [6.45, 7) is 1.27. The van der Waals surface area contributed by atoms with Crippen LogP contribution in [-0.2, 0) is 9.53 Å². The molecule has 31 heavy (non-hydrogen) atoms. The molecule has 0 bridgehead atoms. The van der Waals surface area contributed by atoms with Crippen molar-refractivity contribution in [3.05, 3.63) is 77.7 Å². The average Bonchev–Trinajstić information content (AvgIpc) is 3.29. The van der Waals surface area contributed by atoms with Gasteiger partial charge in [-0.05, 0) is 18.2 Å². The Hall–Kier alpha value is -3.59. The van der Waals surface area contributed by atoms with Crippen molar-refractivity contribution >= 4 is 11.8 Å². The minimum absolute atomic E-state index is 0.0684. The summed E-state index contributed by atoms with van der Waals surface area (Å²) < 4.78 is 38.5. The van der Waals surface area contributed by atoms with Gasteiger partial charge in [0.2, 0.25) is 11.8 Å². The molecule has 4 rings (SSSR count). The monoisotopic (exact) mass is 427 g/mol. The standard InChI is InChI=1S/C22H19F2N3O4/c23-15-6-7-16(17(24)12-15)19(22(29)27-8-10-30-11-9-27)26-20(28)18-13-31-21(25-18)14-4-2-1-3-5-14/h1-7,12-13,19H,8-11H2,(H,26,28). The fourth-order valence-corrected chi connectivity index (χ4v) is 3.27. The van der Waals surface area contributed by atoms with E-state index in [2.05, 4.69) is 10.3 Å². The highest BCUT2D eigenvalue weighted by molar-refractivity contribution is 5.96. The first-order chi connectivity index (χ1) is 15.0. The molecule has 1 aromatic heterocycles. The number of carbonyl (C=O) groups is 2. The minimum atomic E-state index is -1.36. The van der Waals surface area contributed by atoms with Gasteiger partial charge in [0.05, 0.1) is 13.2 Å². The fraction of sp³-hybridized carbons (Fsp3) is 0.227. The number of nitrogens with one attached hydrogen (secondary N) is 1. The Morgan fingerprint density at radius 2 is 1.81 bits per heavy atom. The van der Waals surface area contributed by atoms with E-state index in [-0.39, 0.29) is 17.1 Å². The van der Waals surface area contributed by atoms with Crippen molar-refractivity contribution < 1.29 is 27.5 Å². The molecule has 7 nitrogen and oxygen atoms in total. The third-order valence-electron chi connectivity index (χ3n) is 4.88. The van der Waals surface area contributed by atoms with Gasteiger partial charge in [-0.25, -0.2) is 13.8 Å².